The quantitative estimate of drug-likeness (QED) is 0.396. The Morgan fingerprint density at radius 1 is 1.05 bits per heavy atom. The molecule has 9 heteroatoms. The number of unbranched alkanes of at least 4 members (excludes halogenated alkanes) is 2. The Morgan fingerprint density at radius 2 is 1.97 bits per heavy atom. The normalized spacial score (nSPS) is 16.6. The molecular weight excluding hydrogens is 466 g/mol. The van der Waals surface area contributed by atoms with Crippen molar-refractivity contribution in [3.63, 3.8) is 0 Å². The summed E-state index contributed by atoms with van der Waals surface area (Å²) < 4.78 is 5.38. The van der Waals surface area contributed by atoms with Crippen LogP contribution in [0.2, 0.25) is 0 Å². The van der Waals surface area contributed by atoms with E-state index in [9.17, 15) is 4.79 Å². The van der Waals surface area contributed by atoms with E-state index >= 15 is 0 Å². The van der Waals surface area contributed by atoms with Crippen molar-refractivity contribution in [1.29, 1.82) is 0 Å². The minimum Gasteiger partial charge on any atom is -0.384 e. The van der Waals surface area contributed by atoms with E-state index in [0.29, 0.717) is 12.2 Å². The van der Waals surface area contributed by atoms with Gasteiger partial charge in [0.2, 0.25) is 0 Å². The van der Waals surface area contributed by atoms with Gasteiger partial charge in [0.25, 0.3) is 0 Å². The minimum atomic E-state index is -0.354. The van der Waals surface area contributed by atoms with E-state index in [1.807, 2.05) is 6.07 Å². The molecule has 6 rings (SSSR count). The maximum Gasteiger partial charge on any atom is 0.301 e. The van der Waals surface area contributed by atoms with Gasteiger partial charge in [-0.05, 0) is 67.5 Å². The molecule has 1 saturated heterocycles. The third-order valence-corrected chi connectivity index (χ3v) is 7.24. The summed E-state index contributed by atoms with van der Waals surface area (Å²) in [5.74, 6) is 6.63. The highest BCUT2D eigenvalue weighted by Crippen LogP contribution is 2.40. The van der Waals surface area contributed by atoms with E-state index in [-0.39, 0.29) is 5.91 Å². The number of amides is 1. The van der Waals surface area contributed by atoms with Gasteiger partial charge in [0, 0.05) is 49.4 Å². The number of benzene rings is 1. The number of hydrogen-bond donors (Lipinski definition) is 2. The Morgan fingerprint density at radius 3 is 2.89 bits per heavy atom. The number of morpholine rings is 1. The molecular formula is C28H31N7O2. The molecule has 2 aromatic heterocycles. The molecule has 190 valence electrons. The van der Waals surface area contributed by atoms with Crippen LogP contribution < -0.4 is 15.5 Å². The zero-order valence-electron chi connectivity index (χ0n) is 20.9. The van der Waals surface area contributed by atoms with Crippen molar-refractivity contribution in [2.45, 2.75) is 32.1 Å². The highest BCUT2D eigenvalue weighted by molar-refractivity contribution is 6.04. The lowest BCUT2D eigenvalue weighted by Crippen LogP contribution is -2.36. The van der Waals surface area contributed by atoms with Gasteiger partial charge in [-0.15, -0.1) is 0 Å². The molecule has 1 amide bonds. The fraction of sp³-hybridized carbons (Fsp3) is 0.429. The Bertz CT molecular complexity index is 1370. The van der Waals surface area contributed by atoms with Crippen LogP contribution in [0.25, 0.3) is 10.9 Å². The first-order valence-corrected chi connectivity index (χ1v) is 13.1. The van der Waals surface area contributed by atoms with Crippen LogP contribution in [0, 0.1) is 11.8 Å². The Balaban J connectivity index is 1.11. The topological polar surface area (TPSA) is 95.5 Å². The number of carbonyl (C=O) groups excluding carboxylic acids is 1. The smallest absolute Gasteiger partial charge is 0.301 e. The van der Waals surface area contributed by atoms with Crippen molar-refractivity contribution >= 4 is 39.8 Å². The Hall–Kier alpha value is -3.74. The van der Waals surface area contributed by atoms with E-state index < -0.39 is 0 Å². The molecule has 0 unspecified atom stereocenters. The minimum absolute atomic E-state index is 0.354. The number of hydrogen-bond acceptors (Lipinski definition) is 8. The number of carbonyl (C=O) groups is 1. The molecule has 37 heavy (non-hydrogen) atoms. The lowest BCUT2D eigenvalue weighted by molar-refractivity contribution is -0.111. The number of ether oxygens (including phenoxy) is 1. The third-order valence-electron chi connectivity index (χ3n) is 7.24. The van der Waals surface area contributed by atoms with Crippen molar-refractivity contribution in [1.82, 2.24) is 19.9 Å². The summed E-state index contributed by atoms with van der Waals surface area (Å²) >= 11 is 0. The highest BCUT2D eigenvalue weighted by atomic mass is 16.5. The summed E-state index contributed by atoms with van der Waals surface area (Å²) in [6.45, 7) is 6.55. The average Bonchev–Trinajstić information content (AvgIpc) is 3.56. The van der Waals surface area contributed by atoms with Gasteiger partial charge in [-0.2, -0.15) is 0 Å². The predicted molar refractivity (Wildman–Crippen MR) is 144 cm³/mol. The van der Waals surface area contributed by atoms with Crippen LogP contribution in [-0.4, -0.2) is 71.7 Å². The van der Waals surface area contributed by atoms with Crippen LogP contribution in [0.15, 0.2) is 30.7 Å². The molecule has 3 aliphatic heterocycles. The van der Waals surface area contributed by atoms with Gasteiger partial charge in [0.15, 0.2) is 0 Å². The van der Waals surface area contributed by atoms with Crippen LogP contribution in [0.4, 0.5) is 23.0 Å². The zero-order valence-corrected chi connectivity index (χ0v) is 20.9. The fourth-order valence-electron chi connectivity index (χ4n) is 5.30. The number of fused-ring (bicyclic) bond motifs is 3. The molecule has 0 saturated carbocycles. The maximum atomic E-state index is 12.4. The molecule has 2 N–H and O–H groups in total. The van der Waals surface area contributed by atoms with Crippen LogP contribution >= 0.6 is 0 Å². The summed E-state index contributed by atoms with van der Waals surface area (Å²) in [4.78, 5) is 30.5. The number of anilines is 4. The second kappa shape index (κ2) is 10.7. The van der Waals surface area contributed by atoms with Gasteiger partial charge >= 0.3 is 5.91 Å². The average molecular weight is 498 g/mol. The van der Waals surface area contributed by atoms with Gasteiger partial charge in [0.1, 0.15) is 18.0 Å². The van der Waals surface area contributed by atoms with Crippen molar-refractivity contribution in [2.75, 3.05) is 61.5 Å². The van der Waals surface area contributed by atoms with E-state index in [2.05, 4.69) is 59.4 Å². The summed E-state index contributed by atoms with van der Waals surface area (Å²) in [7, 11) is 0. The molecule has 1 fully saturated rings. The molecule has 5 heterocycles. The monoisotopic (exact) mass is 497 g/mol. The van der Waals surface area contributed by atoms with Crippen LogP contribution in [0.1, 0.15) is 30.4 Å². The lowest BCUT2D eigenvalue weighted by Gasteiger charge is -2.26. The van der Waals surface area contributed by atoms with Crippen molar-refractivity contribution in [2.24, 2.45) is 0 Å². The lowest BCUT2D eigenvalue weighted by atomic mass is 10.1. The van der Waals surface area contributed by atoms with Crippen molar-refractivity contribution < 1.29 is 9.53 Å². The predicted octanol–water partition coefficient (Wildman–Crippen LogP) is 3.13. The first-order valence-electron chi connectivity index (χ1n) is 13.1. The molecule has 1 aromatic carbocycles. The summed E-state index contributed by atoms with van der Waals surface area (Å²) in [5.41, 5.74) is 5.86. The fourth-order valence-corrected chi connectivity index (χ4v) is 5.30. The summed E-state index contributed by atoms with van der Waals surface area (Å²) in [6.07, 6.45) is 8.01. The zero-order chi connectivity index (χ0) is 25.0. The number of nitrogens with one attached hydrogen (secondary N) is 2. The molecule has 3 aromatic rings. The first kappa shape index (κ1) is 23.6. The number of nitrogens with zero attached hydrogens (tertiary/aromatic N) is 5. The number of pyridine rings is 1. The summed E-state index contributed by atoms with van der Waals surface area (Å²) in [6, 6.07) is 6.40. The molecule has 3 aliphatic rings. The van der Waals surface area contributed by atoms with Crippen molar-refractivity contribution in [3.8, 4) is 11.8 Å². The maximum absolute atomic E-state index is 12.4. The van der Waals surface area contributed by atoms with E-state index in [4.69, 9.17) is 4.74 Å². The van der Waals surface area contributed by atoms with Gasteiger partial charge in [-0.1, -0.05) is 5.92 Å². The molecule has 9 nitrogen and oxygen atoms in total. The second-order valence-corrected chi connectivity index (χ2v) is 9.67. The standard InChI is InChI=1S/C28H31N7O2/c36-27(5-3-1-2-4-9-34-11-13-37-14-12-34)33-26-17-22-24(18-30-26)31-19-32-28(22)35-10-7-21-15-23-20(6-8-29-23)16-25(21)35/h15-19,29H,1-2,4,6-14H2,(H,30,33,36). The molecule has 0 atom stereocenters. The van der Waals surface area contributed by atoms with E-state index in [1.54, 1.807) is 12.5 Å². The van der Waals surface area contributed by atoms with Gasteiger partial charge in [-0.3, -0.25) is 15.0 Å². The molecule has 0 radical (unpaired) electrons. The number of rotatable bonds is 6. The van der Waals surface area contributed by atoms with Gasteiger partial charge in [-0.25, -0.2) is 15.0 Å². The highest BCUT2D eigenvalue weighted by Gasteiger charge is 2.26. The SMILES string of the molecule is O=C(C#CCCCCN1CCOCC1)Nc1cc2c(N3CCc4cc5c(cc43)CCN5)ncnc2cn1. The van der Waals surface area contributed by atoms with Crippen LogP contribution in [0.5, 0.6) is 0 Å². The largest absolute Gasteiger partial charge is 0.384 e. The number of aromatic nitrogens is 3. The first-order chi connectivity index (χ1) is 18.2. The van der Waals surface area contributed by atoms with E-state index in [0.717, 1.165) is 88.3 Å². The molecule has 0 spiro atoms. The van der Waals surface area contributed by atoms with Crippen LogP contribution in [-0.2, 0) is 22.4 Å². The Kier molecular flexibility index (Phi) is 6.84. The molecule has 0 bridgehead atoms. The van der Waals surface area contributed by atoms with Crippen LogP contribution in [0.3, 0.4) is 0 Å². The van der Waals surface area contributed by atoms with Gasteiger partial charge < -0.3 is 15.0 Å². The third kappa shape index (κ3) is 5.22. The van der Waals surface area contributed by atoms with Crippen molar-refractivity contribution in [3.05, 3.63) is 41.9 Å². The molecule has 0 aliphatic carbocycles. The summed E-state index contributed by atoms with van der Waals surface area (Å²) in [5, 5.41) is 7.14. The Labute approximate surface area is 216 Å². The second-order valence-electron chi connectivity index (χ2n) is 9.67. The van der Waals surface area contributed by atoms with Gasteiger partial charge in [0.05, 0.1) is 24.9 Å². The van der Waals surface area contributed by atoms with E-state index in [1.165, 1.54) is 22.5 Å².